The van der Waals surface area contributed by atoms with Crippen LogP contribution in [0.5, 0.6) is 5.75 Å². The molecule has 0 aliphatic carbocycles. The van der Waals surface area contributed by atoms with Crippen molar-refractivity contribution in [1.29, 1.82) is 0 Å². The summed E-state index contributed by atoms with van der Waals surface area (Å²) in [6.45, 7) is 0.179. The van der Waals surface area contributed by atoms with E-state index < -0.39 is 12.2 Å². The van der Waals surface area contributed by atoms with E-state index >= 15 is 0 Å². The van der Waals surface area contributed by atoms with Crippen LogP contribution >= 0.6 is 0 Å². The van der Waals surface area contributed by atoms with Gasteiger partial charge in [0.05, 0.1) is 18.2 Å². The van der Waals surface area contributed by atoms with E-state index in [0.717, 1.165) is 19.4 Å². The summed E-state index contributed by atoms with van der Waals surface area (Å²) in [5.41, 5.74) is -0.0332. The number of hydrogen-bond donors (Lipinski definition) is 2. The molecule has 4 nitrogen and oxygen atoms in total. The monoisotopic (exact) mass is 301 g/mol. The lowest BCUT2D eigenvalue weighted by atomic mass is 9.92. The average Bonchev–Trinajstić information content (AvgIpc) is 2.98. The van der Waals surface area contributed by atoms with Crippen LogP contribution in [0, 0.1) is 0 Å². The van der Waals surface area contributed by atoms with Crippen LogP contribution in [0.1, 0.15) is 25.3 Å². The van der Waals surface area contributed by atoms with Crippen LogP contribution in [0.3, 0.4) is 0 Å². The zero-order chi connectivity index (χ0) is 15.3. The van der Waals surface area contributed by atoms with Gasteiger partial charge in [-0.2, -0.15) is 8.78 Å². The fourth-order valence-corrected chi connectivity index (χ4v) is 2.41. The van der Waals surface area contributed by atoms with Gasteiger partial charge in [0.25, 0.3) is 0 Å². The highest BCUT2D eigenvalue weighted by Gasteiger charge is 2.28. The number of hydrogen-bond acceptors (Lipinski definition) is 4. The zero-order valence-electron chi connectivity index (χ0n) is 12.0. The van der Waals surface area contributed by atoms with E-state index in [1.54, 1.807) is 12.1 Å². The van der Waals surface area contributed by atoms with Gasteiger partial charge in [0.1, 0.15) is 5.75 Å². The van der Waals surface area contributed by atoms with E-state index in [9.17, 15) is 13.9 Å². The van der Waals surface area contributed by atoms with Gasteiger partial charge in [-0.3, -0.25) is 0 Å². The Kier molecular flexibility index (Phi) is 5.50. The van der Waals surface area contributed by atoms with Crippen LogP contribution in [-0.2, 0) is 10.3 Å². The standard InChI is InChI=1S/C15H21F2NO3/c1-15(10-19,18-9-13-6-3-7-20-13)11-4-2-5-12(8-11)21-14(16)17/h2,4-5,8,13-14,18-19H,3,6-7,9-10H2,1H3. The molecular formula is C15H21F2NO3. The van der Waals surface area contributed by atoms with Gasteiger partial charge in [-0.25, -0.2) is 0 Å². The maximum atomic E-state index is 12.3. The molecule has 2 rings (SSSR count). The van der Waals surface area contributed by atoms with Gasteiger partial charge in [0.2, 0.25) is 0 Å². The van der Waals surface area contributed by atoms with Gasteiger partial charge in [0.15, 0.2) is 0 Å². The summed E-state index contributed by atoms with van der Waals surface area (Å²) in [6.07, 6.45) is 2.17. The number of aliphatic hydroxyl groups is 1. The van der Waals surface area contributed by atoms with Gasteiger partial charge in [-0.1, -0.05) is 12.1 Å². The molecule has 1 aromatic rings. The molecule has 1 aliphatic rings. The van der Waals surface area contributed by atoms with Crippen molar-refractivity contribution >= 4 is 0 Å². The Balaban J connectivity index is 2.06. The van der Waals surface area contributed by atoms with Crippen molar-refractivity contribution in [2.75, 3.05) is 19.8 Å². The Hall–Kier alpha value is -1.24. The highest BCUT2D eigenvalue weighted by atomic mass is 19.3. The number of alkyl halides is 2. The number of halogens is 2. The van der Waals surface area contributed by atoms with E-state index in [-0.39, 0.29) is 18.5 Å². The van der Waals surface area contributed by atoms with Gasteiger partial charge in [-0.05, 0) is 37.5 Å². The molecule has 1 heterocycles. The van der Waals surface area contributed by atoms with Gasteiger partial charge in [0, 0.05) is 13.2 Å². The largest absolute Gasteiger partial charge is 0.435 e. The molecule has 0 radical (unpaired) electrons. The first-order valence-electron chi connectivity index (χ1n) is 7.06. The van der Waals surface area contributed by atoms with Crippen LogP contribution in [0.15, 0.2) is 24.3 Å². The summed E-state index contributed by atoms with van der Waals surface area (Å²) in [7, 11) is 0. The van der Waals surface area contributed by atoms with Crippen molar-refractivity contribution < 1.29 is 23.4 Å². The predicted octanol–water partition coefficient (Wildman–Crippen LogP) is 2.26. The van der Waals surface area contributed by atoms with E-state index in [0.29, 0.717) is 12.1 Å². The van der Waals surface area contributed by atoms with Crippen molar-refractivity contribution in [2.45, 2.75) is 38.0 Å². The average molecular weight is 301 g/mol. The Morgan fingerprint density at radius 2 is 2.33 bits per heavy atom. The van der Waals surface area contributed by atoms with Gasteiger partial charge >= 0.3 is 6.61 Å². The molecule has 1 fully saturated rings. The molecule has 21 heavy (non-hydrogen) atoms. The van der Waals surface area contributed by atoms with Gasteiger partial charge in [-0.15, -0.1) is 0 Å². The van der Waals surface area contributed by atoms with Crippen LogP contribution < -0.4 is 10.1 Å². The maximum absolute atomic E-state index is 12.3. The lowest BCUT2D eigenvalue weighted by Gasteiger charge is -2.31. The topological polar surface area (TPSA) is 50.7 Å². The van der Waals surface area contributed by atoms with E-state index in [4.69, 9.17) is 4.74 Å². The number of nitrogens with one attached hydrogen (secondary N) is 1. The maximum Gasteiger partial charge on any atom is 0.387 e. The van der Waals surface area contributed by atoms with Crippen molar-refractivity contribution in [2.24, 2.45) is 0 Å². The van der Waals surface area contributed by atoms with E-state index in [2.05, 4.69) is 10.1 Å². The van der Waals surface area contributed by atoms with E-state index in [1.807, 2.05) is 6.92 Å². The molecule has 1 saturated heterocycles. The lowest BCUT2D eigenvalue weighted by Crippen LogP contribution is -2.46. The smallest absolute Gasteiger partial charge is 0.387 e. The summed E-state index contributed by atoms with van der Waals surface area (Å²) >= 11 is 0. The van der Waals surface area contributed by atoms with Crippen molar-refractivity contribution in [3.8, 4) is 5.75 Å². The Morgan fingerprint density at radius 3 is 2.95 bits per heavy atom. The third-order valence-corrected chi connectivity index (χ3v) is 3.76. The molecule has 2 N–H and O–H groups in total. The first kappa shape index (κ1) is 16.1. The summed E-state index contributed by atoms with van der Waals surface area (Å²) in [5, 5.41) is 13.0. The quantitative estimate of drug-likeness (QED) is 0.811. The second kappa shape index (κ2) is 7.15. The fourth-order valence-electron chi connectivity index (χ4n) is 2.41. The second-order valence-electron chi connectivity index (χ2n) is 5.41. The molecule has 1 aliphatic heterocycles. The van der Waals surface area contributed by atoms with Crippen LogP contribution in [-0.4, -0.2) is 37.6 Å². The Bertz CT molecular complexity index is 452. The zero-order valence-corrected chi connectivity index (χ0v) is 12.0. The summed E-state index contributed by atoms with van der Waals surface area (Å²) in [6, 6.07) is 6.39. The molecule has 0 saturated carbocycles. The predicted molar refractivity (Wildman–Crippen MR) is 74.5 cm³/mol. The van der Waals surface area contributed by atoms with Gasteiger partial charge < -0.3 is 19.9 Å². The molecule has 6 heteroatoms. The normalized spacial score (nSPS) is 21.5. The third kappa shape index (κ3) is 4.36. The lowest BCUT2D eigenvalue weighted by molar-refractivity contribution is -0.0499. The molecule has 1 aromatic carbocycles. The molecule has 0 bridgehead atoms. The van der Waals surface area contributed by atoms with Crippen LogP contribution in [0.4, 0.5) is 8.78 Å². The number of ether oxygens (including phenoxy) is 2. The first-order valence-corrected chi connectivity index (χ1v) is 7.06. The molecule has 2 atom stereocenters. The van der Waals surface area contributed by atoms with Crippen molar-refractivity contribution in [3.63, 3.8) is 0 Å². The molecule has 2 unspecified atom stereocenters. The Morgan fingerprint density at radius 1 is 1.52 bits per heavy atom. The SMILES string of the molecule is CC(CO)(NCC1CCCO1)c1cccc(OC(F)F)c1. The minimum atomic E-state index is -2.86. The molecule has 0 amide bonds. The number of aliphatic hydroxyl groups excluding tert-OH is 1. The third-order valence-electron chi connectivity index (χ3n) is 3.76. The first-order chi connectivity index (χ1) is 10.0. The van der Waals surface area contributed by atoms with Crippen molar-refractivity contribution in [3.05, 3.63) is 29.8 Å². The summed E-state index contributed by atoms with van der Waals surface area (Å²) in [4.78, 5) is 0. The second-order valence-corrected chi connectivity index (χ2v) is 5.41. The van der Waals surface area contributed by atoms with Crippen molar-refractivity contribution in [1.82, 2.24) is 5.32 Å². The minimum Gasteiger partial charge on any atom is -0.435 e. The highest BCUT2D eigenvalue weighted by molar-refractivity contribution is 5.33. The van der Waals surface area contributed by atoms with Crippen LogP contribution in [0.25, 0.3) is 0 Å². The highest BCUT2D eigenvalue weighted by Crippen LogP contribution is 2.26. The molecule has 118 valence electrons. The fraction of sp³-hybridized carbons (Fsp3) is 0.600. The molecule has 0 aromatic heterocycles. The number of benzene rings is 1. The summed E-state index contributed by atoms with van der Waals surface area (Å²) < 4.78 is 34.5. The molecule has 0 spiro atoms. The Labute approximate surface area is 123 Å². The molecular weight excluding hydrogens is 280 g/mol. The van der Waals surface area contributed by atoms with E-state index in [1.165, 1.54) is 12.1 Å². The number of rotatable bonds is 7. The van der Waals surface area contributed by atoms with Crippen LogP contribution in [0.2, 0.25) is 0 Å². The summed E-state index contributed by atoms with van der Waals surface area (Å²) in [5.74, 6) is 0.0843. The minimum absolute atomic E-state index is 0.0843.